The summed E-state index contributed by atoms with van der Waals surface area (Å²) in [6.07, 6.45) is 17.9. The van der Waals surface area contributed by atoms with Crippen molar-refractivity contribution in [3.05, 3.63) is 57.4 Å². The molecule has 8 saturated carbocycles. The fourth-order valence-electron chi connectivity index (χ4n) is 11.3. The maximum atomic E-state index is 11.0. The second-order valence-electron chi connectivity index (χ2n) is 15.4. The second-order valence-corrected chi connectivity index (χ2v) is 15.9. The Morgan fingerprint density at radius 2 is 1.28 bits per heavy atom. The Bertz CT molecular complexity index is 1350. The number of hydrogen-bond acceptors (Lipinski definition) is 6. The molecule has 4 N–H and O–H groups in total. The van der Waals surface area contributed by atoms with Gasteiger partial charge in [-0.3, -0.25) is 4.99 Å². The van der Waals surface area contributed by atoms with Crippen molar-refractivity contribution >= 4 is 17.8 Å². The SMILES string of the molecule is OCC[N-]CCN=Cc1cc(Cl)ccc1O.Oc1cc(C23CC4CC(CC(C4)C2)C3)cc(C23CC4CC(CC(C4)C2)C3)c1O.[O]=[V]. The third-order valence-electron chi connectivity index (χ3n) is 12.2. The van der Waals surface area contributed by atoms with Crippen molar-refractivity contribution in [2.75, 3.05) is 26.2 Å². The number of aliphatic imine (C=N–C) groups is 1. The van der Waals surface area contributed by atoms with Gasteiger partial charge < -0.3 is 25.7 Å². The van der Waals surface area contributed by atoms with E-state index in [1.807, 2.05) is 6.07 Å². The van der Waals surface area contributed by atoms with Crippen LogP contribution in [0.15, 0.2) is 35.3 Å². The van der Waals surface area contributed by atoms with Crippen LogP contribution < -0.4 is 0 Å². The molecule has 0 heterocycles. The zero-order chi connectivity index (χ0) is 32.5. The molecule has 9 heteroatoms. The van der Waals surface area contributed by atoms with Gasteiger partial charge in [-0.1, -0.05) is 17.7 Å². The van der Waals surface area contributed by atoms with Crippen molar-refractivity contribution in [3.8, 4) is 17.2 Å². The summed E-state index contributed by atoms with van der Waals surface area (Å²) < 4.78 is 8.19. The van der Waals surface area contributed by atoms with Gasteiger partial charge in [-0.25, -0.2) is 0 Å². The summed E-state index contributed by atoms with van der Waals surface area (Å²) in [5.74, 6) is 5.83. The monoisotopic (exact) mass is 686 g/mol. The fourth-order valence-corrected chi connectivity index (χ4v) is 11.5. The minimum absolute atomic E-state index is 0.0682. The number of phenolic OH excluding ortho intramolecular Hbond substituents is 3. The van der Waals surface area contributed by atoms with Gasteiger partial charge in [0, 0.05) is 35.5 Å². The first-order chi connectivity index (χ1) is 22.2. The van der Waals surface area contributed by atoms with E-state index in [-0.39, 0.29) is 34.7 Å². The Balaban J connectivity index is 0.000000178. The first kappa shape index (κ1) is 34.0. The summed E-state index contributed by atoms with van der Waals surface area (Å²) in [5, 5.41) is 44.4. The first-order valence-corrected chi connectivity index (χ1v) is 18.2. The number of benzene rings is 2. The molecule has 10 rings (SSSR count). The van der Waals surface area contributed by atoms with Gasteiger partial charge >= 0.3 is 21.0 Å². The average Bonchev–Trinajstić information content (AvgIpc) is 3.02. The fraction of sp³-hybridized carbons (Fsp3) is 0.649. The van der Waals surface area contributed by atoms with E-state index in [4.69, 9.17) is 20.4 Å². The summed E-state index contributed by atoms with van der Waals surface area (Å²) in [7, 11) is 0. The van der Waals surface area contributed by atoms with Gasteiger partial charge in [0.2, 0.25) is 0 Å². The number of aromatic hydroxyl groups is 3. The molecule has 7 nitrogen and oxygen atoms in total. The Morgan fingerprint density at radius 1 is 0.761 bits per heavy atom. The molecule has 0 spiro atoms. The van der Waals surface area contributed by atoms with Crippen LogP contribution in [0.4, 0.5) is 0 Å². The van der Waals surface area contributed by atoms with Gasteiger partial charge in [-0.15, -0.1) is 13.1 Å². The van der Waals surface area contributed by atoms with Crippen molar-refractivity contribution in [2.45, 2.75) is 87.9 Å². The van der Waals surface area contributed by atoms with E-state index in [1.54, 1.807) is 18.3 Å². The molecular weight excluding hydrogens is 639 g/mol. The van der Waals surface area contributed by atoms with E-state index in [9.17, 15) is 15.3 Å². The maximum absolute atomic E-state index is 11.0. The predicted octanol–water partition coefficient (Wildman–Crippen LogP) is 7.74. The number of nitrogens with zero attached hydrogens (tertiary/aromatic N) is 2. The number of phenols is 3. The third kappa shape index (κ3) is 6.96. The first-order valence-electron chi connectivity index (χ1n) is 17.2. The van der Waals surface area contributed by atoms with Crippen LogP contribution in [0.2, 0.25) is 5.02 Å². The Kier molecular flexibility index (Phi) is 10.6. The Morgan fingerprint density at radius 3 is 1.80 bits per heavy atom. The molecule has 2 aromatic carbocycles. The zero-order valence-corrected chi connectivity index (χ0v) is 28.8. The molecule has 8 aliphatic rings. The molecule has 8 fully saturated rings. The number of hydrogen-bond donors (Lipinski definition) is 4. The van der Waals surface area contributed by atoms with Crippen LogP contribution in [-0.2, 0) is 31.9 Å². The normalized spacial score (nSPS) is 34.6. The molecule has 0 aliphatic heterocycles. The molecule has 2 aromatic rings. The van der Waals surface area contributed by atoms with Crippen molar-refractivity contribution in [2.24, 2.45) is 40.5 Å². The van der Waals surface area contributed by atoms with Crippen LogP contribution >= 0.6 is 11.6 Å². The zero-order valence-electron chi connectivity index (χ0n) is 26.7. The van der Waals surface area contributed by atoms with Crippen molar-refractivity contribution in [1.82, 2.24) is 0 Å². The van der Waals surface area contributed by atoms with Gasteiger partial charge in [0.25, 0.3) is 0 Å². The average molecular weight is 687 g/mol. The van der Waals surface area contributed by atoms with Crippen LogP contribution in [-0.4, -0.2) is 52.9 Å². The molecule has 0 saturated heterocycles. The van der Waals surface area contributed by atoms with Crippen LogP contribution in [0.1, 0.15) is 93.7 Å². The third-order valence-corrected chi connectivity index (χ3v) is 12.5. The summed E-state index contributed by atoms with van der Waals surface area (Å²) >= 11 is 6.84. The Labute approximate surface area is 287 Å². The van der Waals surface area contributed by atoms with E-state index in [0.717, 1.165) is 58.4 Å². The molecule has 8 bridgehead atoms. The van der Waals surface area contributed by atoms with Crippen molar-refractivity contribution in [1.29, 1.82) is 0 Å². The number of halogens is 1. The van der Waals surface area contributed by atoms with E-state index in [0.29, 0.717) is 30.2 Å². The second kappa shape index (κ2) is 14.3. The van der Waals surface area contributed by atoms with Crippen molar-refractivity contribution in [3.63, 3.8) is 0 Å². The van der Waals surface area contributed by atoms with E-state index in [2.05, 4.69) is 16.4 Å². The van der Waals surface area contributed by atoms with Crippen LogP contribution in [0.25, 0.3) is 5.32 Å². The predicted molar refractivity (Wildman–Crippen MR) is 176 cm³/mol. The molecule has 0 amide bonds. The number of aliphatic hydroxyl groups is 1. The van der Waals surface area contributed by atoms with Crippen LogP contribution in [0.3, 0.4) is 0 Å². The topological polar surface area (TPSA) is 124 Å². The number of aliphatic hydroxyl groups excluding tert-OH is 1. The summed E-state index contributed by atoms with van der Waals surface area (Å²) in [5.41, 5.74) is 3.55. The summed E-state index contributed by atoms with van der Waals surface area (Å²) in [4.78, 5) is 4.10. The van der Waals surface area contributed by atoms with Crippen LogP contribution in [0.5, 0.6) is 17.2 Å². The number of rotatable bonds is 8. The molecule has 0 atom stereocenters. The molecule has 46 heavy (non-hydrogen) atoms. The molecule has 0 radical (unpaired) electrons. The van der Waals surface area contributed by atoms with Gasteiger partial charge in [-0.05, 0) is 153 Å². The van der Waals surface area contributed by atoms with Crippen molar-refractivity contribution < 1.29 is 41.5 Å². The van der Waals surface area contributed by atoms with Gasteiger partial charge in [-0.2, -0.15) is 0 Å². The minimum atomic E-state index is 0.0682. The molecule has 0 unspecified atom stereocenters. The quantitative estimate of drug-likeness (QED) is 0.128. The molecule has 249 valence electrons. The standard InChI is InChI=1S/C26H34O2.C11H14ClN2O2.O.V/c27-23-8-21(25-9-15-1-16(10-25)3-17(2-15)11-25)7-22(24(23)28)26-12-18-4-19(13-26)6-20(5-18)14-26;12-10-1-2-11(16)9(7-10)8-14-4-3-13-5-6-15;;/h7-8,15-20,27-28H,1-6,9-14H2;1-2,7-8,15-16H,3-6H2;;/q;-1;;. The van der Waals surface area contributed by atoms with E-state index < -0.39 is 0 Å². The van der Waals surface area contributed by atoms with Crippen LogP contribution in [0, 0.1) is 35.5 Å². The van der Waals surface area contributed by atoms with E-state index in [1.165, 1.54) is 88.7 Å². The molecule has 0 aromatic heterocycles. The summed E-state index contributed by atoms with van der Waals surface area (Å²) in [6, 6.07) is 9.16. The summed E-state index contributed by atoms with van der Waals surface area (Å²) in [6.45, 7) is 1.61. The van der Waals surface area contributed by atoms with Gasteiger partial charge in [0.1, 0.15) is 5.75 Å². The van der Waals surface area contributed by atoms with Gasteiger partial charge in [0.15, 0.2) is 11.5 Å². The van der Waals surface area contributed by atoms with E-state index >= 15 is 0 Å². The molecule has 8 aliphatic carbocycles. The Hall–Kier alpha value is -1.90. The van der Waals surface area contributed by atoms with Gasteiger partial charge in [0.05, 0.1) is 0 Å². The molecular formula is C37H48ClN2O5V-.